The summed E-state index contributed by atoms with van der Waals surface area (Å²) in [4.78, 5) is 34.4. The summed E-state index contributed by atoms with van der Waals surface area (Å²) in [7, 11) is 0. The quantitative estimate of drug-likeness (QED) is 0.817. The van der Waals surface area contributed by atoms with Crippen molar-refractivity contribution in [3.63, 3.8) is 0 Å². The van der Waals surface area contributed by atoms with E-state index in [4.69, 9.17) is 0 Å². The minimum Gasteiger partial charge on any atom is -0.353 e. The number of rotatable bonds is 5. The lowest BCUT2D eigenvalue weighted by atomic mass is 9.95. The van der Waals surface area contributed by atoms with E-state index in [1.807, 2.05) is 0 Å². The molecule has 1 amide bonds. The number of fused-ring (bicyclic) bond motifs is 3. The van der Waals surface area contributed by atoms with Gasteiger partial charge in [0.1, 0.15) is 10.7 Å². The number of H-pyrrole nitrogens is 1. The van der Waals surface area contributed by atoms with Gasteiger partial charge in [0.15, 0.2) is 0 Å². The Bertz CT molecular complexity index is 852. The molecule has 0 radical (unpaired) electrons. The SMILES string of the molecule is O=C(CSCc1nc2sc3c(c2c(=O)[nH]1)CCCC3)NC1CCCCC1. The van der Waals surface area contributed by atoms with E-state index < -0.39 is 0 Å². The standard InChI is InChI=1S/C19H25N3O2S2/c23-16(20-12-6-2-1-3-7-12)11-25-10-15-21-18(24)17-13-8-4-5-9-14(13)26-19(17)22-15/h12H,1-11H2,(H,20,23)(H,21,22,24). The molecular formula is C19H25N3O2S2. The molecule has 0 spiro atoms. The highest BCUT2D eigenvalue weighted by atomic mass is 32.2. The Kier molecular flexibility index (Phi) is 5.64. The van der Waals surface area contributed by atoms with Crippen molar-refractivity contribution in [3.05, 3.63) is 26.6 Å². The second kappa shape index (κ2) is 8.13. The van der Waals surface area contributed by atoms with E-state index >= 15 is 0 Å². The summed E-state index contributed by atoms with van der Waals surface area (Å²) >= 11 is 3.19. The van der Waals surface area contributed by atoms with Gasteiger partial charge in [-0.25, -0.2) is 4.98 Å². The van der Waals surface area contributed by atoms with E-state index in [2.05, 4.69) is 15.3 Å². The average Bonchev–Trinajstić information content (AvgIpc) is 3.01. The average molecular weight is 392 g/mol. The molecule has 2 aliphatic rings. The maximum atomic E-state index is 12.5. The van der Waals surface area contributed by atoms with Crippen LogP contribution in [-0.2, 0) is 23.4 Å². The summed E-state index contributed by atoms with van der Waals surface area (Å²) in [6.07, 6.45) is 10.4. The molecule has 0 unspecified atom stereocenters. The van der Waals surface area contributed by atoms with Crippen LogP contribution in [0.4, 0.5) is 0 Å². The number of nitrogens with one attached hydrogen (secondary N) is 2. The number of carbonyl (C=O) groups excluding carboxylic acids is 1. The Balaban J connectivity index is 1.37. The summed E-state index contributed by atoms with van der Waals surface area (Å²) < 4.78 is 0. The van der Waals surface area contributed by atoms with Crippen LogP contribution in [-0.4, -0.2) is 27.7 Å². The van der Waals surface area contributed by atoms with Gasteiger partial charge in [0.05, 0.1) is 16.9 Å². The van der Waals surface area contributed by atoms with Crippen molar-refractivity contribution < 1.29 is 4.79 Å². The molecule has 0 atom stereocenters. The van der Waals surface area contributed by atoms with Crippen LogP contribution in [0.25, 0.3) is 10.2 Å². The van der Waals surface area contributed by atoms with Gasteiger partial charge in [0.25, 0.3) is 5.56 Å². The molecule has 140 valence electrons. The third-order valence-electron chi connectivity index (χ3n) is 5.32. The molecular weight excluding hydrogens is 366 g/mol. The van der Waals surface area contributed by atoms with Crippen LogP contribution in [0.1, 0.15) is 61.2 Å². The smallest absolute Gasteiger partial charge is 0.259 e. The molecule has 2 aromatic heterocycles. The molecule has 4 rings (SSSR count). The van der Waals surface area contributed by atoms with E-state index in [1.165, 1.54) is 47.9 Å². The highest BCUT2D eigenvalue weighted by Crippen LogP contribution is 2.33. The van der Waals surface area contributed by atoms with Gasteiger partial charge in [-0.1, -0.05) is 19.3 Å². The van der Waals surface area contributed by atoms with Crippen molar-refractivity contribution in [1.29, 1.82) is 0 Å². The highest BCUT2D eigenvalue weighted by molar-refractivity contribution is 7.99. The molecule has 0 aliphatic heterocycles. The Labute approximate surface area is 161 Å². The van der Waals surface area contributed by atoms with Crippen LogP contribution in [0.5, 0.6) is 0 Å². The number of thioether (sulfide) groups is 1. The highest BCUT2D eigenvalue weighted by Gasteiger charge is 2.20. The number of hydrogen-bond acceptors (Lipinski definition) is 5. The predicted octanol–water partition coefficient (Wildman–Crippen LogP) is 3.55. The molecule has 7 heteroatoms. The lowest BCUT2D eigenvalue weighted by Gasteiger charge is -2.22. The van der Waals surface area contributed by atoms with Crippen molar-refractivity contribution in [3.8, 4) is 0 Å². The topological polar surface area (TPSA) is 74.8 Å². The first-order valence-corrected chi connectivity index (χ1v) is 11.6. The number of hydrogen-bond donors (Lipinski definition) is 2. The maximum absolute atomic E-state index is 12.5. The van der Waals surface area contributed by atoms with Gasteiger partial charge in [0, 0.05) is 10.9 Å². The number of carbonyl (C=O) groups is 1. The second-order valence-electron chi connectivity index (χ2n) is 7.30. The molecule has 26 heavy (non-hydrogen) atoms. The van der Waals surface area contributed by atoms with Crippen molar-refractivity contribution in [2.75, 3.05) is 5.75 Å². The lowest BCUT2D eigenvalue weighted by molar-refractivity contribution is -0.119. The van der Waals surface area contributed by atoms with Gasteiger partial charge in [0.2, 0.25) is 5.91 Å². The van der Waals surface area contributed by atoms with E-state index in [1.54, 1.807) is 11.3 Å². The van der Waals surface area contributed by atoms with Crippen molar-refractivity contribution in [2.45, 2.75) is 69.6 Å². The van der Waals surface area contributed by atoms with Gasteiger partial charge in [-0.15, -0.1) is 23.1 Å². The first kappa shape index (κ1) is 18.0. The zero-order valence-electron chi connectivity index (χ0n) is 14.9. The van der Waals surface area contributed by atoms with Crippen LogP contribution >= 0.6 is 23.1 Å². The minimum absolute atomic E-state index is 0.0170. The first-order valence-electron chi connectivity index (χ1n) is 9.61. The summed E-state index contributed by atoms with van der Waals surface area (Å²) in [6.45, 7) is 0. The largest absolute Gasteiger partial charge is 0.353 e. The van der Waals surface area contributed by atoms with Crippen molar-refractivity contribution in [2.24, 2.45) is 0 Å². The molecule has 0 saturated heterocycles. The summed E-state index contributed by atoms with van der Waals surface area (Å²) in [5, 5.41) is 3.93. The molecule has 0 bridgehead atoms. The second-order valence-corrected chi connectivity index (χ2v) is 9.37. The van der Waals surface area contributed by atoms with Crippen molar-refractivity contribution >= 4 is 39.2 Å². The number of amides is 1. The lowest BCUT2D eigenvalue weighted by Crippen LogP contribution is -2.37. The maximum Gasteiger partial charge on any atom is 0.259 e. The Morgan fingerprint density at radius 3 is 2.85 bits per heavy atom. The number of aryl methyl sites for hydroxylation is 2. The molecule has 1 saturated carbocycles. The Hall–Kier alpha value is -1.34. The van der Waals surface area contributed by atoms with E-state index in [-0.39, 0.29) is 11.5 Å². The predicted molar refractivity (Wildman–Crippen MR) is 108 cm³/mol. The summed E-state index contributed by atoms with van der Waals surface area (Å²) in [5.74, 6) is 1.75. The summed E-state index contributed by atoms with van der Waals surface area (Å²) in [6, 6.07) is 0.351. The number of aromatic nitrogens is 2. The fourth-order valence-corrected chi connectivity index (χ4v) is 6.02. The van der Waals surface area contributed by atoms with E-state index in [9.17, 15) is 9.59 Å². The third-order valence-corrected chi connectivity index (χ3v) is 7.45. The third kappa shape index (κ3) is 3.98. The molecule has 2 heterocycles. The molecule has 2 N–H and O–H groups in total. The number of aromatic amines is 1. The fraction of sp³-hybridized carbons (Fsp3) is 0.632. The van der Waals surface area contributed by atoms with Gasteiger partial charge in [-0.2, -0.15) is 0 Å². The van der Waals surface area contributed by atoms with Gasteiger partial charge in [-0.05, 0) is 44.1 Å². The van der Waals surface area contributed by atoms with Crippen LogP contribution < -0.4 is 10.9 Å². The Morgan fingerprint density at radius 1 is 1.19 bits per heavy atom. The molecule has 2 aromatic rings. The van der Waals surface area contributed by atoms with E-state index in [0.29, 0.717) is 23.4 Å². The van der Waals surface area contributed by atoms with Gasteiger partial charge in [-0.3, -0.25) is 9.59 Å². The molecule has 1 fully saturated rings. The zero-order chi connectivity index (χ0) is 17.9. The van der Waals surface area contributed by atoms with E-state index in [0.717, 1.165) is 42.3 Å². The fourth-order valence-electron chi connectivity index (χ4n) is 4.03. The van der Waals surface area contributed by atoms with Crippen LogP contribution in [0.3, 0.4) is 0 Å². The van der Waals surface area contributed by atoms with Gasteiger partial charge < -0.3 is 10.3 Å². The van der Waals surface area contributed by atoms with Gasteiger partial charge >= 0.3 is 0 Å². The van der Waals surface area contributed by atoms with Crippen LogP contribution in [0, 0.1) is 0 Å². The number of thiophene rings is 1. The molecule has 5 nitrogen and oxygen atoms in total. The monoisotopic (exact) mass is 391 g/mol. The first-order chi connectivity index (χ1) is 12.7. The normalized spacial score (nSPS) is 18.0. The molecule has 2 aliphatic carbocycles. The van der Waals surface area contributed by atoms with Crippen LogP contribution in [0.15, 0.2) is 4.79 Å². The van der Waals surface area contributed by atoms with Crippen molar-refractivity contribution in [1.82, 2.24) is 15.3 Å². The minimum atomic E-state index is -0.0170. The zero-order valence-corrected chi connectivity index (χ0v) is 16.6. The molecule has 0 aromatic carbocycles. The van der Waals surface area contributed by atoms with Crippen LogP contribution in [0.2, 0.25) is 0 Å². The number of nitrogens with zero attached hydrogens (tertiary/aromatic N) is 1. The Morgan fingerprint density at radius 2 is 2.00 bits per heavy atom. The summed E-state index contributed by atoms with van der Waals surface area (Å²) in [5.41, 5.74) is 1.20.